The number of nitrogens with one attached hydrogen (secondary N) is 1. The van der Waals surface area contributed by atoms with Crippen molar-refractivity contribution in [2.75, 3.05) is 6.54 Å². The molecular weight excluding hydrogens is 332 g/mol. The molecule has 0 bridgehead atoms. The summed E-state index contributed by atoms with van der Waals surface area (Å²) in [5.74, 6) is 0.470. The minimum absolute atomic E-state index is 0.0302. The van der Waals surface area contributed by atoms with E-state index in [1.54, 1.807) is 23.4 Å². The summed E-state index contributed by atoms with van der Waals surface area (Å²) in [6.07, 6.45) is 5.42. The minimum Gasteiger partial charge on any atom is -0.352 e. The average molecular weight is 356 g/mol. The van der Waals surface area contributed by atoms with Gasteiger partial charge in [-0.3, -0.25) is 14.6 Å². The first-order valence-corrected chi connectivity index (χ1v) is 8.94. The lowest BCUT2D eigenvalue weighted by molar-refractivity contribution is -0.119. The third kappa shape index (κ3) is 4.68. The molecule has 1 N–H and O–H groups in total. The average Bonchev–Trinajstić information content (AvgIpc) is 3.23. The Balaban J connectivity index is 1.75. The van der Waals surface area contributed by atoms with Gasteiger partial charge in [0.2, 0.25) is 11.7 Å². The van der Waals surface area contributed by atoms with Crippen LogP contribution in [0.1, 0.15) is 48.5 Å². The molecule has 1 saturated heterocycles. The predicted octanol–water partition coefficient (Wildman–Crippen LogP) is 2.19. The number of amides is 2. The zero-order chi connectivity index (χ0) is 18.5. The molecule has 2 aromatic heterocycles. The first kappa shape index (κ1) is 18.1. The maximum Gasteiger partial charge on any atom is 0.292 e. The molecule has 7 heteroatoms. The van der Waals surface area contributed by atoms with Crippen molar-refractivity contribution in [2.45, 2.75) is 45.7 Å². The molecule has 0 saturated carbocycles. The number of carbonyl (C=O) groups excluding carboxylic acids is 2. The van der Waals surface area contributed by atoms with Crippen molar-refractivity contribution >= 4 is 11.8 Å². The van der Waals surface area contributed by atoms with Gasteiger partial charge in [0, 0.05) is 44.0 Å². The fourth-order valence-corrected chi connectivity index (χ4v) is 3.09. The van der Waals surface area contributed by atoms with Crippen LogP contribution in [0.4, 0.5) is 0 Å². The van der Waals surface area contributed by atoms with Crippen LogP contribution in [0, 0.1) is 5.92 Å². The minimum atomic E-state index is -0.225. The highest BCUT2D eigenvalue weighted by molar-refractivity contribution is 5.91. The molecule has 1 fully saturated rings. The highest BCUT2D eigenvalue weighted by Crippen LogP contribution is 2.16. The van der Waals surface area contributed by atoms with E-state index in [0.29, 0.717) is 25.4 Å². The Morgan fingerprint density at radius 2 is 2.31 bits per heavy atom. The second kappa shape index (κ2) is 8.12. The van der Waals surface area contributed by atoms with Gasteiger partial charge in [-0.1, -0.05) is 25.1 Å². The Morgan fingerprint density at radius 1 is 1.46 bits per heavy atom. The molecule has 0 aromatic carbocycles. The Morgan fingerprint density at radius 3 is 2.96 bits per heavy atom. The Hall–Kier alpha value is -2.70. The fourth-order valence-electron chi connectivity index (χ4n) is 3.09. The van der Waals surface area contributed by atoms with Crippen molar-refractivity contribution in [2.24, 2.45) is 5.92 Å². The summed E-state index contributed by atoms with van der Waals surface area (Å²) < 4.78 is 5.29. The third-order valence-electron chi connectivity index (χ3n) is 4.30. The Kier molecular flexibility index (Phi) is 5.65. The van der Waals surface area contributed by atoms with Crippen LogP contribution in [-0.2, 0) is 17.8 Å². The van der Waals surface area contributed by atoms with Crippen LogP contribution in [0.2, 0.25) is 0 Å². The fraction of sp³-hybridized carbons (Fsp3) is 0.474. The summed E-state index contributed by atoms with van der Waals surface area (Å²) in [5, 5.41) is 6.92. The predicted molar refractivity (Wildman–Crippen MR) is 95.2 cm³/mol. The molecule has 0 aliphatic carbocycles. The lowest BCUT2D eigenvalue weighted by Gasteiger charge is -2.24. The Bertz CT molecular complexity index is 757. The number of aromatic nitrogens is 2. The van der Waals surface area contributed by atoms with Crippen molar-refractivity contribution in [3.05, 3.63) is 47.6 Å². The van der Waals surface area contributed by atoms with E-state index in [2.05, 4.69) is 29.3 Å². The van der Waals surface area contributed by atoms with Gasteiger partial charge in [-0.15, -0.1) is 0 Å². The lowest BCUT2D eigenvalue weighted by Crippen LogP contribution is -2.41. The van der Waals surface area contributed by atoms with Crippen molar-refractivity contribution in [1.29, 1.82) is 0 Å². The molecule has 2 amide bonds. The SMILES string of the molecule is CC(C)Cc1cc(C(=O)N(Cc2cccnc2)C[C@@H]2CCC(=O)N2)on1. The summed E-state index contributed by atoms with van der Waals surface area (Å²) in [6, 6.07) is 5.43. The Labute approximate surface area is 152 Å². The van der Waals surface area contributed by atoms with Gasteiger partial charge < -0.3 is 14.7 Å². The third-order valence-corrected chi connectivity index (χ3v) is 4.30. The smallest absolute Gasteiger partial charge is 0.292 e. The maximum atomic E-state index is 13.0. The number of carbonyl (C=O) groups is 2. The molecule has 7 nitrogen and oxygen atoms in total. The van der Waals surface area contributed by atoms with E-state index in [9.17, 15) is 9.59 Å². The zero-order valence-electron chi connectivity index (χ0n) is 15.1. The molecule has 2 aromatic rings. The van der Waals surface area contributed by atoms with Gasteiger partial charge in [-0.05, 0) is 30.4 Å². The highest BCUT2D eigenvalue weighted by Gasteiger charge is 2.28. The van der Waals surface area contributed by atoms with Gasteiger partial charge in [0.05, 0.1) is 5.69 Å². The highest BCUT2D eigenvalue weighted by atomic mass is 16.5. The van der Waals surface area contributed by atoms with Crippen LogP contribution in [0.3, 0.4) is 0 Å². The van der Waals surface area contributed by atoms with E-state index in [4.69, 9.17) is 4.52 Å². The first-order chi connectivity index (χ1) is 12.5. The molecule has 3 heterocycles. The molecule has 1 aliphatic rings. The normalized spacial score (nSPS) is 16.7. The van der Waals surface area contributed by atoms with Gasteiger partial charge >= 0.3 is 0 Å². The van der Waals surface area contributed by atoms with Crippen LogP contribution in [0.15, 0.2) is 35.1 Å². The molecule has 1 aliphatic heterocycles. The topological polar surface area (TPSA) is 88.3 Å². The summed E-state index contributed by atoms with van der Waals surface area (Å²) in [5.41, 5.74) is 1.70. The molecule has 138 valence electrons. The van der Waals surface area contributed by atoms with Crippen LogP contribution in [-0.4, -0.2) is 39.4 Å². The van der Waals surface area contributed by atoms with E-state index >= 15 is 0 Å². The summed E-state index contributed by atoms with van der Waals surface area (Å²) >= 11 is 0. The molecule has 26 heavy (non-hydrogen) atoms. The van der Waals surface area contributed by atoms with Crippen molar-refractivity contribution < 1.29 is 14.1 Å². The van der Waals surface area contributed by atoms with Gasteiger partial charge in [0.15, 0.2) is 0 Å². The quantitative estimate of drug-likeness (QED) is 0.821. The van der Waals surface area contributed by atoms with Crippen molar-refractivity contribution in [3.63, 3.8) is 0 Å². The second-order valence-corrected chi connectivity index (χ2v) is 7.13. The number of rotatable bonds is 7. The van der Waals surface area contributed by atoms with E-state index < -0.39 is 0 Å². The molecule has 3 rings (SSSR count). The monoisotopic (exact) mass is 356 g/mol. The number of hydrogen-bond donors (Lipinski definition) is 1. The number of pyridine rings is 1. The van der Waals surface area contributed by atoms with Crippen LogP contribution in [0.5, 0.6) is 0 Å². The summed E-state index contributed by atoms with van der Waals surface area (Å²) in [7, 11) is 0. The van der Waals surface area contributed by atoms with E-state index in [1.807, 2.05) is 12.1 Å². The summed E-state index contributed by atoms with van der Waals surface area (Å²) in [6.45, 7) is 5.01. The number of hydrogen-bond acceptors (Lipinski definition) is 5. The van der Waals surface area contributed by atoms with Crippen LogP contribution < -0.4 is 5.32 Å². The van der Waals surface area contributed by atoms with Gasteiger partial charge in [-0.2, -0.15) is 0 Å². The van der Waals surface area contributed by atoms with Crippen molar-refractivity contribution in [3.8, 4) is 0 Å². The second-order valence-electron chi connectivity index (χ2n) is 7.13. The van der Waals surface area contributed by atoms with Gasteiger partial charge in [0.1, 0.15) is 0 Å². The van der Waals surface area contributed by atoms with Crippen LogP contribution >= 0.6 is 0 Å². The maximum absolute atomic E-state index is 13.0. The molecule has 0 spiro atoms. The number of nitrogens with zero attached hydrogens (tertiary/aromatic N) is 3. The standard InChI is InChI=1S/C19H24N4O3/c1-13(2)8-16-9-17(26-22-16)19(25)23(11-14-4-3-7-20-10-14)12-15-5-6-18(24)21-15/h3-4,7,9-10,13,15H,5-6,8,11-12H2,1-2H3,(H,21,24)/t15-/m0/s1. The van der Waals surface area contributed by atoms with E-state index in [-0.39, 0.29) is 23.6 Å². The molecule has 1 atom stereocenters. The molecule has 0 radical (unpaired) electrons. The lowest BCUT2D eigenvalue weighted by atomic mass is 10.1. The van der Waals surface area contributed by atoms with E-state index in [0.717, 1.165) is 24.1 Å². The largest absolute Gasteiger partial charge is 0.352 e. The van der Waals surface area contributed by atoms with Gasteiger partial charge in [-0.25, -0.2) is 0 Å². The molecule has 0 unspecified atom stereocenters. The molecular formula is C19H24N4O3. The van der Waals surface area contributed by atoms with Gasteiger partial charge in [0.25, 0.3) is 5.91 Å². The first-order valence-electron chi connectivity index (χ1n) is 8.94. The summed E-state index contributed by atoms with van der Waals surface area (Å²) in [4.78, 5) is 30.3. The zero-order valence-corrected chi connectivity index (χ0v) is 15.1. The van der Waals surface area contributed by atoms with E-state index in [1.165, 1.54) is 0 Å². The van der Waals surface area contributed by atoms with Crippen molar-refractivity contribution in [1.82, 2.24) is 20.4 Å². The van der Waals surface area contributed by atoms with Crippen LogP contribution in [0.25, 0.3) is 0 Å².